The predicted octanol–water partition coefficient (Wildman–Crippen LogP) is 3.45. The molecular formula is C19H13ClN4O. The van der Waals surface area contributed by atoms with Crippen molar-refractivity contribution < 1.29 is 4.79 Å². The summed E-state index contributed by atoms with van der Waals surface area (Å²) in [6, 6.07) is 18.1. The predicted molar refractivity (Wildman–Crippen MR) is 99.2 cm³/mol. The van der Waals surface area contributed by atoms with Crippen LogP contribution in [0.3, 0.4) is 0 Å². The van der Waals surface area contributed by atoms with E-state index in [2.05, 4.69) is 11.1 Å². The maximum atomic E-state index is 12.1. The van der Waals surface area contributed by atoms with Crippen molar-refractivity contribution in [1.29, 1.82) is 5.26 Å². The quantitative estimate of drug-likeness (QED) is 0.546. The number of nitriles is 1. The molecule has 3 rings (SSSR count). The molecule has 0 aromatic heterocycles. The molecule has 4 N–H and O–H groups in total. The van der Waals surface area contributed by atoms with Crippen LogP contribution in [0.2, 0.25) is 5.02 Å². The lowest BCUT2D eigenvalue weighted by atomic mass is 9.94. The summed E-state index contributed by atoms with van der Waals surface area (Å²) >= 11 is 6.34. The minimum atomic E-state index is -0.531. The van der Waals surface area contributed by atoms with Crippen LogP contribution in [0.4, 0.5) is 0 Å². The first-order valence-electron chi connectivity index (χ1n) is 7.37. The highest BCUT2D eigenvalue weighted by molar-refractivity contribution is 6.34. The highest BCUT2D eigenvalue weighted by Gasteiger charge is 2.14. The van der Waals surface area contributed by atoms with Gasteiger partial charge in [-0.05, 0) is 40.6 Å². The minimum Gasteiger partial charge on any atom is -0.370 e. The standard InChI is InChI=1S/C19H13ClN4O/c20-16-6-2-4-13(10-21)17(16)14-5-1-3-11-7-8-12(9-15(11)14)18(25)24-19(22)23/h1-9H,(H4,22,23,24,25). The van der Waals surface area contributed by atoms with Gasteiger partial charge in [0.1, 0.15) is 0 Å². The molecule has 0 spiro atoms. The third-order valence-electron chi connectivity index (χ3n) is 3.76. The summed E-state index contributed by atoms with van der Waals surface area (Å²) in [5.74, 6) is -0.826. The lowest BCUT2D eigenvalue weighted by molar-refractivity contribution is 0.100. The average molecular weight is 349 g/mol. The zero-order valence-electron chi connectivity index (χ0n) is 13.0. The smallest absolute Gasteiger partial charge is 0.280 e. The number of carbonyl (C=O) groups excluding carboxylic acids is 1. The van der Waals surface area contributed by atoms with E-state index in [0.717, 1.165) is 16.3 Å². The van der Waals surface area contributed by atoms with Crippen molar-refractivity contribution in [3.8, 4) is 17.2 Å². The number of hydrogen-bond acceptors (Lipinski definition) is 2. The third kappa shape index (κ3) is 3.16. The molecule has 0 saturated carbocycles. The van der Waals surface area contributed by atoms with E-state index in [4.69, 9.17) is 23.1 Å². The van der Waals surface area contributed by atoms with Gasteiger partial charge in [-0.3, -0.25) is 4.79 Å². The Hall–Kier alpha value is -3.36. The molecule has 6 heteroatoms. The van der Waals surface area contributed by atoms with Crippen molar-refractivity contribution >= 4 is 34.2 Å². The summed E-state index contributed by atoms with van der Waals surface area (Å²) in [4.78, 5) is 15.7. The molecule has 25 heavy (non-hydrogen) atoms. The van der Waals surface area contributed by atoms with Crippen LogP contribution in [-0.2, 0) is 0 Å². The van der Waals surface area contributed by atoms with Crippen molar-refractivity contribution in [1.82, 2.24) is 0 Å². The maximum Gasteiger partial charge on any atom is 0.280 e. The Morgan fingerprint density at radius 3 is 2.56 bits per heavy atom. The Morgan fingerprint density at radius 1 is 1.08 bits per heavy atom. The number of benzene rings is 3. The molecule has 0 aliphatic carbocycles. The van der Waals surface area contributed by atoms with Gasteiger partial charge in [0.05, 0.1) is 11.6 Å². The van der Waals surface area contributed by atoms with Gasteiger partial charge in [0.25, 0.3) is 5.91 Å². The lowest BCUT2D eigenvalue weighted by Crippen LogP contribution is -2.24. The Labute approximate surface area is 149 Å². The summed E-state index contributed by atoms with van der Waals surface area (Å²) in [7, 11) is 0. The van der Waals surface area contributed by atoms with Crippen LogP contribution in [0.25, 0.3) is 21.9 Å². The van der Waals surface area contributed by atoms with Gasteiger partial charge >= 0.3 is 0 Å². The van der Waals surface area contributed by atoms with E-state index >= 15 is 0 Å². The van der Waals surface area contributed by atoms with Crippen LogP contribution in [0.1, 0.15) is 15.9 Å². The van der Waals surface area contributed by atoms with Gasteiger partial charge in [-0.15, -0.1) is 0 Å². The van der Waals surface area contributed by atoms with Gasteiger partial charge in [-0.1, -0.05) is 41.9 Å². The van der Waals surface area contributed by atoms with Crippen LogP contribution >= 0.6 is 11.6 Å². The highest BCUT2D eigenvalue weighted by atomic mass is 35.5. The van der Waals surface area contributed by atoms with Gasteiger partial charge < -0.3 is 11.5 Å². The molecule has 0 radical (unpaired) electrons. The molecular weight excluding hydrogens is 336 g/mol. The molecule has 0 aliphatic rings. The van der Waals surface area contributed by atoms with Crippen molar-refractivity contribution in [2.45, 2.75) is 0 Å². The summed E-state index contributed by atoms with van der Waals surface area (Å²) in [6.07, 6.45) is 0. The molecule has 0 saturated heterocycles. The van der Waals surface area contributed by atoms with E-state index in [1.165, 1.54) is 0 Å². The number of carbonyl (C=O) groups is 1. The highest BCUT2D eigenvalue weighted by Crippen LogP contribution is 2.36. The fraction of sp³-hybridized carbons (Fsp3) is 0. The van der Waals surface area contributed by atoms with E-state index in [-0.39, 0.29) is 5.96 Å². The monoisotopic (exact) mass is 348 g/mol. The number of aliphatic imine (C=N–C) groups is 1. The molecule has 5 nitrogen and oxygen atoms in total. The molecule has 0 bridgehead atoms. The van der Waals surface area contributed by atoms with E-state index in [1.807, 2.05) is 18.2 Å². The van der Waals surface area contributed by atoms with Crippen LogP contribution in [0, 0.1) is 11.3 Å². The third-order valence-corrected chi connectivity index (χ3v) is 4.08. The second kappa shape index (κ2) is 6.63. The van der Waals surface area contributed by atoms with Crippen LogP contribution in [0.5, 0.6) is 0 Å². The van der Waals surface area contributed by atoms with E-state index < -0.39 is 5.91 Å². The number of hydrogen-bond donors (Lipinski definition) is 2. The zero-order valence-corrected chi connectivity index (χ0v) is 13.8. The molecule has 0 atom stereocenters. The second-order valence-corrected chi connectivity index (χ2v) is 5.76. The Balaban J connectivity index is 2.29. The van der Waals surface area contributed by atoms with E-state index in [0.29, 0.717) is 21.7 Å². The van der Waals surface area contributed by atoms with Gasteiger partial charge in [0, 0.05) is 16.1 Å². The Morgan fingerprint density at radius 2 is 1.84 bits per heavy atom. The van der Waals surface area contributed by atoms with Crippen LogP contribution in [0.15, 0.2) is 59.6 Å². The van der Waals surface area contributed by atoms with E-state index in [1.54, 1.807) is 36.4 Å². The SMILES string of the molecule is N#Cc1cccc(Cl)c1-c1cccc2ccc(C(=O)N=C(N)N)cc12. The first-order valence-corrected chi connectivity index (χ1v) is 7.75. The summed E-state index contributed by atoms with van der Waals surface area (Å²) in [5.41, 5.74) is 12.7. The van der Waals surface area contributed by atoms with Gasteiger partial charge in [-0.2, -0.15) is 10.3 Å². The van der Waals surface area contributed by atoms with Gasteiger partial charge in [0.2, 0.25) is 0 Å². The average Bonchev–Trinajstić information content (AvgIpc) is 2.60. The summed E-state index contributed by atoms with van der Waals surface area (Å²) < 4.78 is 0. The molecule has 0 heterocycles. The maximum absolute atomic E-state index is 12.1. The first-order chi connectivity index (χ1) is 12.0. The number of fused-ring (bicyclic) bond motifs is 1. The van der Waals surface area contributed by atoms with Gasteiger partial charge in [0.15, 0.2) is 5.96 Å². The molecule has 0 unspecified atom stereocenters. The number of rotatable bonds is 2. The topological polar surface area (TPSA) is 105 Å². The number of nitrogens with two attached hydrogens (primary N) is 2. The molecule has 1 amide bonds. The Kier molecular flexibility index (Phi) is 4.38. The Bertz CT molecular complexity index is 1060. The molecule has 0 fully saturated rings. The molecule has 122 valence electrons. The number of amides is 1. The zero-order chi connectivity index (χ0) is 18.0. The fourth-order valence-electron chi connectivity index (χ4n) is 2.70. The van der Waals surface area contributed by atoms with Gasteiger partial charge in [-0.25, -0.2) is 0 Å². The number of guanidine groups is 1. The van der Waals surface area contributed by atoms with Crippen LogP contribution in [-0.4, -0.2) is 11.9 Å². The van der Waals surface area contributed by atoms with Crippen molar-refractivity contribution in [2.24, 2.45) is 16.5 Å². The number of halogens is 1. The molecule has 3 aromatic rings. The normalized spacial score (nSPS) is 10.2. The number of nitrogens with zero attached hydrogens (tertiary/aromatic N) is 2. The largest absolute Gasteiger partial charge is 0.370 e. The van der Waals surface area contributed by atoms with Crippen LogP contribution < -0.4 is 11.5 Å². The van der Waals surface area contributed by atoms with Crippen molar-refractivity contribution in [3.05, 3.63) is 70.7 Å². The second-order valence-electron chi connectivity index (χ2n) is 5.36. The molecule has 3 aromatic carbocycles. The van der Waals surface area contributed by atoms with Crippen molar-refractivity contribution in [3.63, 3.8) is 0 Å². The van der Waals surface area contributed by atoms with Crippen molar-refractivity contribution in [2.75, 3.05) is 0 Å². The van der Waals surface area contributed by atoms with E-state index in [9.17, 15) is 10.1 Å². The fourth-order valence-corrected chi connectivity index (χ4v) is 2.97. The minimum absolute atomic E-state index is 0.295. The lowest BCUT2D eigenvalue weighted by Gasteiger charge is -2.11. The summed E-state index contributed by atoms with van der Waals surface area (Å²) in [6.45, 7) is 0. The molecule has 0 aliphatic heterocycles. The summed E-state index contributed by atoms with van der Waals surface area (Å²) in [5, 5.41) is 11.6. The first kappa shape index (κ1) is 16.5.